The van der Waals surface area contributed by atoms with Gasteiger partial charge in [0.15, 0.2) is 0 Å². The molecule has 2 atom stereocenters. The van der Waals surface area contributed by atoms with Crippen LogP contribution in [0.2, 0.25) is 0 Å². The Hall–Kier alpha value is -1.58. The SMILES string of the molecule is Cc1c(N)cc(C(=O)N2CCC(C)CC2C)cc1F. The summed E-state index contributed by atoms with van der Waals surface area (Å²) >= 11 is 0. The van der Waals surface area contributed by atoms with Crippen molar-refractivity contribution in [2.75, 3.05) is 12.3 Å². The van der Waals surface area contributed by atoms with Gasteiger partial charge in [-0.15, -0.1) is 0 Å². The maximum Gasteiger partial charge on any atom is 0.254 e. The average Bonchev–Trinajstić information content (AvgIpc) is 2.34. The number of carbonyl (C=O) groups excluding carboxylic acids is 1. The second-order valence-corrected chi connectivity index (χ2v) is 5.65. The number of hydrogen-bond acceptors (Lipinski definition) is 2. The van der Waals surface area contributed by atoms with E-state index < -0.39 is 5.82 Å². The van der Waals surface area contributed by atoms with Gasteiger partial charge in [0.05, 0.1) is 0 Å². The van der Waals surface area contributed by atoms with Crippen LogP contribution in [0.25, 0.3) is 0 Å². The molecule has 19 heavy (non-hydrogen) atoms. The van der Waals surface area contributed by atoms with Gasteiger partial charge in [0, 0.05) is 29.4 Å². The Kier molecular flexibility index (Phi) is 3.78. The normalized spacial score (nSPS) is 23.5. The first-order chi connectivity index (χ1) is 8.90. The molecule has 0 saturated carbocycles. The van der Waals surface area contributed by atoms with Crippen LogP contribution < -0.4 is 5.73 Å². The van der Waals surface area contributed by atoms with Gasteiger partial charge in [0.1, 0.15) is 5.82 Å². The number of anilines is 1. The topological polar surface area (TPSA) is 46.3 Å². The van der Waals surface area contributed by atoms with E-state index in [2.05, 4.69) is 6.92 Å². The van der Waals surface area contributed by atoms with E-state index in [0.29, 0.717) is 22.7 Å². The van der Waals surface area contributed by atoms with E-state index in [-0.39, 0.29) is 11.9 Å². The molecule has 1 aliphatic heterocycles. The Bertz CT molecular complexity index is 478. The molecule has 2 unspecified atom stereocenters. The molecular formula is C15H21FN2O. The molecule has 0 bridgehead atoms. The number of nitrogens with zero attached hydrogens (tertiary/aromatic N) is 1. The van der Waals surface area contributed by atoms with Gasteiger partial charge in [-0.2, -0.15) is 0 Å². The molecule has 0 radical (unpaired) electrons. The van der Waals surface area contributed by atoms with E-state index in [9.17, 15) is 9.18 Å². The number of nitrogen functional groups attached to an aromatic ring is 1. The predicted molar refractivity (Wildman–Crippen MR) is 74.4 cm³/mol. The number of rotatable bonds is 1. The third-order valence-electron chi connectivity index (χ3n) is 4.03. The Morgan fingerprint density at radius 3 is 2.68 bits per heavy atom. The first kappa shape index (κ1) is 13.8. The van der Waals surface area contributed by atoms with Crippen molar-refractivity contribution in [2.24, 2.45) is 5.92 Å². The number of hydrogen-bond donors (Lipinski definition) is 1. The lowest BCUT2D eigenvalue weighted by Gasteiger charge is -2.36. The number of likely N-dealkylation sites (tertiary alicyclic amines) is 1. The molecule has 1 saturated heterocycles. The highest BCUT2D eigenvalue weighted by Crippen LogP contribution is 2.25. The molecule has 1 fully saturated rings. The van der Waals surface area contributed by atoms with E-state index in [1.807, 2.05) is 11.8 Å². The minimum atomic E-state index is -0.415. The van der Waals surface area contributed by atoms with Crippen LogP contribution in [0.1, 0.15) is 42.6 Å². The lowest BCUT2D eigenvalue weighted by atomic mass is 9.92. The maximum atomic E-state index is 13.7. The third kappa shape index (κ3) is 2.72. The molecule has 1 amide bonds. The smallest absolute Gasteiger partial charge is 0.254 e. The molecule has 1 heterocycles. The fourth-order valence-corrected chi connectivity index (χ4v) is 2.70. The highest BCUT2D eigenvalue weighted by atomic mass is 19.1. The van der Waals surface area contributed by atoms with Crippen molar-refractivity contribution < 1.29 is 9.18 Å². The lowest BCUT2D eigenvalue weighted by Crippen LogP contribution is -2.44. The summed E-state index contributed by atoms with van der Waals surface area (Å²) in [7, 11) is 0. The molecule has 1 aromatic rings. The van der Waals surface area contributed by atoms with Gasteiger partial charge in [-0.3, -0.25) is 4.79 Å². The van der Waals surface area contributed by atoms with Crippen LogP contribution in [0, 0.1) is 18.7 Å². The Morgan fingerprint density at radius 2 is 2.11 bits per heavy atom. The van der Waals surface area contributed by atoms with Crippen molar-refractivity contribution in [1.82, 2.24) is 4.90 Å². The zero-order valence-electron chi connectivity index (χ0n) is 11.7. The van der Waals surface area contributed by atoms with Crippen molar-refractivity contribution >= 4 is 11.6 Å². The fourth-order valence-electron chi connectivity index (χ4n) is 2.70. The van der Waals surface area contributed by atoms with E-state index in [1.54, 1.807) is 13.0 Å². The monoisotopic (exact) mass is 264 g/mol. The summed E-state index contributed by atoms with van der Waals surface area (Å²) < 4.78 is 13.7. The van der Waals surface area contributed by atoms with Crippen molar-refractivity contribution in [1.29, 1.82) is 0 Å². The van der Waals surface area contributed by atoms with Gasteiger partial charge < -0.3 is 10.6 Å². The summed E-state index contributed by atoms with van der Waals surface area (Å²) in [4.78, 5) is 14.3. The zero-order valence-corrected chi connectivity index (χ0v) is 11.7. The average molecular weight is 264 g/mol. The van der Waals surface area contributed by atoms with E-state index in [1.165, 1.54) is 6.07 Å². The van der Waals surface area contributed by atoms with E-state index in [4.69, 9.17) is 5.73 Å². The zero-order chi connectivity index (χ0) is 14.2. The minimum absolute atomic E-state index is 0.120. The van der Waals surface area contributed by atoms with Crippen LogP contribution in [0.3, 0.4) is 0 Å². The van der Waals surface area contributed by atoms with Crippen LogP contribution in [-0.4, -0.2) is 23.4 Å². The number of halogens is 1. The van der Waals surface area contributed by atoms with Crippen LogP contribution in [-0.2, 0) is 0 Å². The molecule has 0 aliphatic carbocycles. The molecule has 3 nitrogen and oxygen atoms in total. The summed E-state index contributed by atoms with van der Waals surface area (Å²) in [6.45, 7) is 6.59. The number of nitrogens with two attached hydrogens (primary N) is 1. The predicted octanol–water partition coefficient (Wildman–Crippen LogP) is 2.98. The summed E-state index contributed by atoms with van der Waals surface area (Å²) in [5.74, 6) is 0.102. The molecule has 1 aliphatic rings. The Morgan fingerprint density at radius 1 is 1.42 bits per heavy atom. The lowest BCUT2D eigenvalue weighted by molar-refractivity contribution is 0.0588. The van der Waals surface area contributed by atoms with Crippen LogP contribution in [0.15, 0.2) is 12.1 Å². The van der Waals surface area contributed by atoms with Gasteiger partial charge in [-0.05, 0) is 44.7 Å². The summed E-state index contributed by atoms with van der Waals surface area (Å²) in [6.07, 6.45) is 2.00. The first-order valence-corrected chi connectivity index (χ1v) is 6.76. The van der Waals surface area contributed by atoms with Crippen molar-refractivity contribution in [2.45, 2.75) is 39.7 Å². The highest BCUT2D eigenvalue weighted by Gasteiger charge is 2.28. The van der Waals surface area contributed by atoms with Crippen LogP contribution in [0.5, 0.6) is 0 Å². The fraction of sp³-hybridized carbons (Fsp3) is 0.533. The maximum absolute atomic E-state index is 13.7. The molecule has 2 N–H and O–H groups in total. The number of piperidine rings is 1. The molecule has 0 aromatic heterocycles. The summed E-state index contributed by atoms with van der Waals surface area (Å²) in [5.41, 5.74) is 6.82. The largest absolute Gasteiger partial charge is 0.398 e. The van der Waals surface area contributed by atoms with Gasteiger partial charge in [-0.1, -0.05) is 6.92 Å². The highest BCUT2D eigenvalue weighted by molar-refractivity contribution is 5.95. The number of benzene rings is 1. The third-order valence-corrected chi connectivity index (χ3v) is 4.03. The number of carbonyl (C=O) groups is 1. The Balaban J connectivity index is 2.25. The summed E-state index contributed by atoms with van der Waals surface area (Å²) in [6, 6.07) is 3.06. The van der Waals surface area contributed by atoms with Crippen LogP contribution in [0.4, 0.5) is 10.1 Å². The standard InChI is InChI=1S/C15H21FN2O/c1-9-4-5-18(10(2)6-9)15(19)12-7-13(16)11(3)14(17)8-12/h7-10H,4-6,17H2,1-3H3. The summed E-state index contributed by atoms with van der Waals surface area (Å²) in [5, 5.41) is 0. The second kappa shape index (κ2) is 5.19. The number of amides is 1. The van der Waals surface area contributed by atoms with Gasteiger partial charge in [-0.25, -0.2) is 4.39 Å². The molecule has 2 rings (SSSR count). The van der Waals surface area contributed by atoms with Crippen molar-refractivity contribution in [3.63, 3.8) is 0 Å². The molecule has 1 aromatic carbocycles. The van der Waals surface area contributed by atoms with Crippen molar-refractivity contribution in [3.8, 4) is 0 Å². The van der Waals surface area contributed by atoms with Gasteiger partial charge in [0.25, 0.3) is 5.91 Å². The van der Waals surface area contributed by atoms with Gasteiger partial charge in [0.2, 0.25) is 0 Å². The van der Waals surface area contributed by atoms with E-state index in [0.717, 1.165) is 19.4 Å². The molecule has 104 valence electrons. The van der Waals surface area contributed by atoms with Crippen molar-refractivity contribution in [3.05, 3.63) is 29.1 Å². The minimum Gasteiger partial charge on any atom is -0.398 e. The first-order valence-electron chi connectivity index (χ1n) is 6.76. The molecule has 0 spiro atoms. The molecule has 4 heteroatoms. The van der Waals surface area contributed by atoms with Crippen LogP contribution >= 0.6 is 0 Å². The molecular weight excluding hydrogens is 243 g/mol. The van der Waals surface area contributed by atoms with Gasteiger partial charge >= 0.3 is 0 Å². The van der Waals surface area contributed by atoms with E-state index >= 15 is 0 Å². The Labute approximate surface area is 113 Å². The second-order valence-electron chi connectivity index (χ2n) is 5.65. The quantitative estimate of drug-likeness (QED) is 0.793.